The van der Waals surface area contributed by atoms with E-state index >= 15 is 0 Å². The zero-order valence-corrected chi connectivity index (χ0v) is 13.9. The molecule has 1 N–H and O–H groups in total. The molecule has 2 amide bonds. The van der Waals surface area contributed by atoms with Crippen LogP contribution >= 0.6 is 11.3 Å². The molecule has 0 saturated carbocycles. The predicted octanol–water partition coefficient (Wildman–Crippen LogP) is 1.33. The van der Waals surface area contributed by atoms with Crippen molar-refractivity contribution in [2.75, 3.05) is 37.7 Å². The van der Waals surface area contributed by atoms with E-state index in [2.05, 4.69) is 20.4 Å². The van der Waals surface area contributed by atoms with Crippen molar-refractivity contribution in [2.24, 2.45) is 0 Å². The maximum atomic E-state index is 12.3. The summed E-state index contributed by atoms with van der Waals surface area (Å²) in [6, 6.07) is 0.154. The standard InChI is InChI=1S/C14H23N5O2S/c1-11(2)16-12(20)18-6-7-21-14(8-18)4-3-5-19(9-14)13-17-15-10-22-13/h10-11H,3-9H2,1-2H3,(H,16,20)/t14-/m0/s1. The van der Waals surface area contributed by atoms with Crippen LogP contribution in [-0.4, -0.2) is 65.6 Å². The topological polar surface area (TPSA) is 70.6 Å². The Bertz CT molecular complexity index is 505. The number of rotatable bonds is 2. The number of nitrogens with one attached hydrogen (secondary N) is 1. The van der Waals surface area contributed by atoms with E-state index < -0.39 is 0 Å². The number of urea groups is 1. The summed E-state index contributed by atoms with van der Waals surface area (Å²) >= 11 is 1.55. The third-order valence-corrected chi connectivity index (χ3v) is 4.86. The average molecular weight is 325 g/mol. The highest BCUT2D eigenvalue weighted by Gasteiger charge is 2.42. The molecule has 8 heteroatoms. The zero-order valence-electron chi connectivity index (χ0n) is 13.1. The van der Waals surface area contributed by atoms with Crippen LogP contribution in [-0.2, 0) is 4.74 Å². The fourth-order valence-electron chi connectivity index (χ4n) is 3.17. The van der Waals surface area contributed by atoms with Gasteiger partial charge in [-0.3, -0.25) is 0 Å². The lowest BCUT2D eigenvalue weighted by atomic mass is 9.91. The number of carbonyl (C=O) groups is 1. The summed E-state index contributed by atoms with van der Waals surface area (Å²) in [7, 11) is 0. The first-order valence-electron chi connectivity index (χ1n) is 7.78. The lowest BCUT2D eigenvalue weighted by molar-refractivity contribution is -0.103. The molecular weight excluding hydrogens is 302 g/mol. The number of piperidine rings is 1. The SMILES string of the molecule is CC(C)NC(=O)N1CCO[C@@]2(CCCN(c3nncs3)C2)C1. The zero-order chi connectivity index (χ0) is 15.6. The van der Waals surface area contributed by atoms with Gasteiger partial charge in [0.15, 0.2) is 0 Å². The van der Waals surface area contributed by atoms with Gasteiger partial charge < -0.3 is 19.9 Å². The van der Waals surface area contributed by atoms with Crippen LogP contribution in [0.25, 0.3) is 0 Å². The summed E-state index contributed by atoms with van der Waals surface area (Å²) in [5.41, 5.74) is 1.47. The van der Waals surface area contributed by atoms with E-state index in [0.717, 1.165) is 31.1 Å². The maximum Gasteiger partial charge on any atom is 0.317 e. The van der Waals surface area contributed by atoms with Crippen LogP contribution in [0.5, 0.6) is 0 Å². The Morgan fingerprint density at radius 3 is 3.05 bits per heavy atom. The fraction of sp³-hybridized carbons (Fsp3) is 0.786. The van der Waals surface area contributed by atoms with Crippen LogP contribution in [0.1, 0.15) is 26.7 Å². The van der Waals surface area contributed by atoms with Gasteiger partial charge in [-0.15, -0.1) is 10.2 Å². The van der Waals surface area contributed by atoms with Crippen molar-refractivity contribution in [2.45, 2.75) is 38.3 Å². The van der Waals surface area contributed by atoms with Gasteiger partial charge in [-0.2, -0.15) is 0 Å². The van der Waals surface area contributed by atoms with Crippen molar-refractivity contribution in [1.82, 2.24) is 20.4 Å². The first kappa shape index (κ1) is 15.5. The normalized spacial score (nSPS) is 25.8. The molecule has 122 valence electrons. The first-order valence-corrected chi connectivity index (χ1v) is 8.66. The highest BCUT2D eigenvalue weighted by atomic mass is 32.1. The van der Waals surface area contributed by atoms with Crippen molar-refractivity contribution in [3.63, 3.8) is 0 Å². The molecule has 2 fully saturated rings. The van der Waals surface area contributed by atoms with Gasteiger partial charge in [-0.1, -0.05) is 11.3 Å². The molecule has 0 bridgehead atoms. The van der Waals surface area contributed by atoms with Gasteiger partial charge in [-0.05, 0) is 26.7 Å². The Kier molecular flexibility index (Phi) is 4.49. The molecule has 1 atom stereocenters. The molecule has 7 nitrogen and oxygen atoms in total. The summed E-state index contributed by atoms with van der Waals surface area (Å²) in [4.78, 5) is 16.4. The number of ether oxygens (including phenoxy) is 1. The minimum Gasteiger partial charge on any atom is -0.369 e. The molecule has 0 radical (unpaired) electrons. The maximum absolute atomic E-state index is 12.3. The number of nitrogens with zero attached hydrogens (tertiary/aromatic N) is 4. The van der Waals surface area contributed by atoms with Crippen LogP contribution < -0.4 is 10.2 Å². The second-order valence-corrected chi connectivity index (χ2v) is 7.12. The number of aromatic nitrogens is 2. The Labute approximate surface area is 134 Å². The Hall–Kier alpha value is -1.41. The minimum atomic E-state index is -0.281. The molecule has 3 heterocycles. The van der Waals surface area contributed by atoms with Gasteiger partial charge in [0.1, 0.15) is 11.1 Å². The monoisotopic (exact) mass is 325 g/mol. The van der Waals surface area contributed by atoms with Gasteiger partial charge in [0.05, 0.1) is 19.7 Å². The lowest BCUT2D eigenvalue weighted by Crippen LogP contribution is -2.62. The molecule has 22 heavy (non-hydrogen) atoms. The van der Waals surface area contributed by atoms with Gasteiger partial charge >= 0.3 is 6.03 Å². The molecule has 3 rings (SSSR count). The van der Waals surface area contributed by atoms with E-state index in [-0.39, 0.29) is 17.7 Å². The summed E-state index contributed by atoms with van der Waals surface area (Å²) in [5.74, 6) is 0. The van der Waals surface area contributed by atoms with Crippen molar-refractivity contribution in [1.29, 1.82) is 0 Å². The van der Waals surface area contributed by atoms with Crippen molar-refractivity contribution in [3.8, 4) is 0 Å². The molecule has 0 aromatic carbocycles. The summed E-state index contributed by atoms with van der Waals surface area (Å²) in [6.45, 7) is 7.58. The van der Waals surface area contributed by atoms with Crippen LogP contribution in [0.15, 0.2) is 5.51 Å². The number of carbonyl (C=O) groups excluding carboxylic acids is 1. The Morgan fingerprint density at radius 2 is 2.32 bits per heavy atom. The van der Waals surface area contributed by atoms with E-state index in [0.29, 0.717) is 19.7 Å². The molecule has 1 aromatic rings. The van der Waals surface area contributed by atoms with Crippen LogP contribution in [0.3, 0.4) is 0 Å². The van der Waals surface area contributed by atoms with Crippen molar-refractivity contribution in [3.05, 3.63) is 5.51 Å². The van der Waals surface area contributed by atoms with Gasteiger partial charge in [-0.25, -0.2) is 4.79 Å². The predicted molar refractivity (Wildman–Crippen MR) is 85.3 cm³/mol. The van der Waals surface area contributed by atoms with E-state index in [1.165, 1.54) is 0 Å². The Balaban J connectivity index is 1.68. The lowest BCUT2D eigenvalue weighted by Gasteiger charge is -2.47. The third-order valence-electron chi connectivity index (χ3n) is 4.11. The first-order chi connectivity index (χ1) is 10.6. The summed E-state index contributed by atoms with van der Waals surface area (Å²) < 4.78 is 6.11. The van der Waals surface area contributed by atoms with Crippen LogP contribution in [0, 0.1) is 0 Å². The van der Waals surface area contributed by atoms with Gasteiger partial charge in [0, 0.05) is 19.1 Å². The number of amides is 2. The average Bonchev–Trinajstić information content (AvgIpc) is 3.01. The molecule has 0 unspecified atom stereocenters. The van der Waals surface area contributed by atoms with Gasteiger partial charge in [0.25, 0.3) is 0 Å². The highest BCUT2D eigenvalue weighted by Crippen LogP contribution is 2.32. The largest absolute Gasteiger partial charge is 0.369 e. The number of morpholine rings is 1. The molecule has 2 aliphatic rings. The van der Waals surface area contributed by atoms with E-state index in [9.17, 15) is 4.79 Å². The number of anilines is 1. The molecule has 2 aliphatic heterocycles. The number of hydrogen-bond donors (Lipinski definition) is 1. The van der Waals surface area contributed by atoms with Crippen molar-refractivity contribution >= 4 is 22.5 Å². The highest BCUT2D eigenvalue weighted by molar-refractivity contribution is 7.13. The van der Waals surface area contributed by atoms with Crippen LogP contribution in [0.4, 0.5) is 9.93 Å². The van der Waals surface area contributed by atoms with Crippen LogP contribution in [0.2, 0.25) is 0 Å². The minimum absolute atomic E-state index is 0.00529. The molecule has 2 saturated heterocycles. The van der Waals surface area contributed by atoms with Crippen molar-refractivity contribution < 1.29 is 9.53 Å². The second kappa shape index (κ2) is 6.37. The van der Waals surface area contributed by atoms with Gasteiger partial charge in [0.2, 0.25) is 5.13 Å². The van der Waals surface area contributed by atoms with E-state index in [4.69, 9.17) is 4.74 Å². The molecule has 0 aliphatic carbocycles. The second-order valence-electron chi connectivity index (χ2n) is 6.30. The van der Waals surface area contributed by atoms with E-state index in [1.807, 2.05) is 18.7 Å². The fourth-order valence-corrected chi connectivity index (χ4v) is 3.76. The summed E-state index contributed by atoms with van der Waals surface area (Å²) in [5, 5.41) is 12.0. The number of hydrogen-bond acceptors (Lipinski definition) is 6. The molecule has 1 aromatic heterocycles. The summed E-state index contributed by atoms with van der Waals surface area (Å²) in [6.07, 6.45) is 2.02. The molecule has 1 spiro atoms. The van der Waals surface area contributed by atoms with E-state index in [1.54, 1.807) is 16.8 Å². The smallest absolute Gasteiger partial charge is 0.317 e. The Morgan fingerprint density at radius 1 is 1.45 bits per heavy atom. The quantitative estimate of drug-likeness (QED) is 0.888. The third kappa shape index (κ3) is 3.33. The molecular formula is C14H23N5O2S.